The van der Waals surface area contributed by atoms with Crippen LogP contribution in [0.2, 0.25) is 0 Å². The minimum atomic E-state index is 0.330. The lowest BCUT2D eigenvalue weighted by Crippen LogP contribution is -2.19. The first-order chi connectivity index (χ1) is 8.10. The number of benzene rings is 1. The average Bonchev–Trinajstić information content (AvgIpc) is 2.34. The number of rotatable bonds is 6. The second-order valence-electron chi connectivity index (χ2n) is 4.75. The monoisotopic (exact) mass is 235 g/mol. The second-order valence-corrected chi connectivity index (χ2v) is 4.75. The minimum absolute atomic E-state index is 0.330. The zero-order valence-electron chi connectivity index (χ0n) is 11.7. The van der Waals surface area contributed by atoms with Crippen molar-refractivity contribution in [1.82, 2.24) is 5.32 Å². The van der Waals surface area contributed by atoms with E-state index in [2.05, 4.69) is 44.3 Å². The number of hydrogen-bond acceptors (Lipinski definition) is 2. The smallest absolute Gasteiger partial charge is 0.0543 e. The molecule has 1 aromatic carbocycles. The first kappa shape index (κ1) is 14.2. The molecule has 0 heterocycles. The van der Waals surface area contributed by atoms with Crippen molar-refractivity contribution in [2.45, 2.75) is 45.8 Å². The molecule has 1 rings (SSSR count). The van der Waals surface area contributed by atoms with Gasteiger partial charge in [0.2, 0.25) is 0 Å². The summed E-state index contributed by atoms with van der Waals surface area (Å²) in [5.74, 6) is 0. The number of ether oxygens (including phenoxy) is 1. The van der Waals surface area contributed by atoms with Gasteiger partial charge in [-0.3, -0.25) is 0 Å². The molecule has 1 N–H and O–H groups in total. The van der Waals surface area contributed by atoms with Crippen molar-refractivity contribution < 1.29 is 4.74 Å². The fourth-order valence-electron chi connectivity index (χ4n) is 2.13. The third-order valence-electron chi connectivity index (χ3n) is 3.63. The van der Waals surface area contributed by atoms with E-state index in [1.807, 2.05) is 7.05 Å². The Bertz CT molecular complexity index is 349. The van der Waals surface area contributed by atoms with E-state index in [0.29, 0.717) is 12.1 Å². The molecule has 0 spiro atoms. The molecule has 0 aromatic heterocycles. The molecule has 96 valence electrons. The lowest BCUT2D eigenvalue weighted by Gasteiger charge is -2.21. The molecule has 0 saturated carbocycles. The van der Waals surface area contributed by atoms with Gasteiger partial charge in [-0.05, 0) is 57.4 Å². The summed E-state index contributed by atoms with van der Waals surface area (Å²) >= 11 is 0. The Hall–Kier alpha value is -0.860. The number of nitrogens with one attached hydrogen (secondary N) is 1. The van der Waals surface area contributed by atoms with Crippen LogP contribution in [0.3, 0.4) is 0 Å². The van der Waals surface area contributed by atoms with Crippen LogP contribution < -0.4 is 5.32 Å². The predicted molar refractivity (Wildman–Crippen MR) is 73.4 cm³/mol. The molecule has 2 unspecified atom stereocenters. The van der Waals surface area contributed by atoms with E-state index in [1.54, 1.807) is 7.11 Å². The van der Waals surface area contributed by atoms with E-state index >= 15 is 0 Å². The molecule has 2 atom stereocenters. The maximum atomic E-state index is 5.31. The zero-order chi connectivity index (χ0) is 12.8. The molecule has 0 aliphatic rings. The Labute approximate surface area is 105 Å². The van der Waals surface area contributed by atoms with Crippen LogP contribution in [-0.4, -0.2) is 20.3 Å². The topological polar surface area (TPSA) is 21.3 Å². The van der Waals surface area contributed by atoms with Crippen molar-refractivity contribution in [3.8, 4) is 0 Å². The molecule has 0 saturated heterocycles. The Balaban J connectivity index is 2.76. The van der Waals surface area contributed by atoms with Crippen LogP contribution in [0.25, 0.3) is 0 Å². The molecule has 0 fully saturated rings. The Morgan fingerprint density at radius 2 is 1.94 bits per heavy atom. The van der Waals surface area contributed by atoms with Crippen LogP contribution in [0.5, 0.6) is 0 Å². The quantitative estimate of drug-likeness (QED) is 0.816. The van der Waals surface area contributed by atoms with E-state index in [9.17, 15) is 0 Å². The van der Waals surface area contributed by atoms with Gasteiger partial charge in [-0.2, -0.15) is 0 Å². The molecule has 2 heteroatoms. The van der Waals surface area contributed by atoms with Crippen LogP contribution in [0, 0.1) is 13.8 Å². The zero-order valence-corrected chi connectivity index (χ0v) is 11.7. The van der Waals surface area contributed by atoms with Gasteiger partial charge in [0, 0.05) is 13.2 Å². The number of hydrogen-bond donors (Lipinski definition) is 1. The van der Waals surface area contributed by atoms with E-state index in [-0.39, 0.29) is 0 Å². The molecule has 0 aliphatic carbocycles. The van der Waals surface area contributed by atoms with Gasteiger partial charge in [-0.15, -0.1) is 0 Å². The molecule has 2 nitrogen and oxygen atoms in total. The SMILES string of the molecule is CNC(CCC(C)OC)c1cccc(C)c1C. The third kappa shape index (κ3) is 3.83. The summed E-state index contributed by atoms with van der Waals surface area (Å²) in [5.41, 5.74) is 4.18. The minimum Gasteiger partial charge on any atom is -0.382 e. The number of aryl methyl sites for hydroxylation is 1. The molecule has 0 amide bonds. The third-order valence-corrected chi connectivity index (χ3v) is 3.63. The summed E-state index contributed by atoms with van der Waals surface area (Å²) in [6.45, 7) is 6.49. The van der Waals surface area contributed by atoms with Crippen LogP contribution >= 0.6 is 0 Å². The molecule has 17 heavy (non-hydrogen) atoms. The standard InChI is InChI=1S/C15H25NO/c1-11-7-6-8-14(13(11)3)15(16-4)10-9-12(2)17-5/h6-8,12,15-16H,9-10H2,1-5H3. The molecule has 1 aromatic rings. The lowest BCUT2D eigenvalue weighted by atomic mass is 9.94. The van der Waals surface area contributed by atoms with Crippen LogP contribution in [0.15, 0.2) is 18.2 Å². The summed E-state index contributed by atoms with van der Waals surface area (Å²) in [7, 11) is 3.81. The maximum absolute atomic E-state index is 5.31. The van der Waals surface area contributed by atoms with Gasteiger partial charge in [0.05, 0.1) is 6.10 Å². The summed E-state index contributed by atoms with van der Waals surface area (Å²) in [6.07, 6.45) is 2.52. The Morgan fingerprint density at radius 3 is 2.53 bits per heavy atom. The largest absolute Gasteiger partial charge is 0.382 e. The molecule has 0 bridgehead atoms. The van der Waals surface area contributed by atoms with E-state index in [0.717, 1.165) is 12.8 Å². The van der Waals surface area contributed by atoms with Crippen molar-refractivity contribution in [2.75, 3.05) is 14.2 Å². The van der Waals surface area contributed by atoms with Crippen LogP contribution in [0.4, 0.5) is 0 Å². The van der Waals surface area contributed by atoms with Gasteiger partial charge < -0.3 is 10.1 Å². The summed E-state index contributed by atoms with van der Waals surface area (Å²) in [6, 6.07) is 6.96. The maximum Gasteiger partial charge on any atom is 0.0543 e. The summed E-state index contributed by atoms with van der Waals surface area (Å²) in [5, 5.41) is 3.41. The highest BCUT2D eigenvalue weighted by molar-refractivity contribution is 5.35. The molecule has 0 radical (unpaired) electrons. The first-order valence-corrected chi connectivity index (χ1v) is 6.36. The van der Waals surface area contributed by atoms with Crippen molar-refractivity contribution in [3.63, 3.8) is 0 Å². The highest BCUT2D eigenvalue weighted by atomic mass is 16.5. The Morgan fingerprint density at radius 1 is 1.24 bits per heavy atom. The van der Waals surface area contributed by atoms with Crippen molar-refractivity contribution in [2.24, 2.45) is 0 Å². The summed E-state index contributed by atoms with van der Waals surface area (Å²) in [4.78, 5) is 0. The van der Waals surface area contributed by atoms with Gasteiger partial charge in [-0.1, -0.05) is 18.2 Å². The predicted octanol–water partition coefficient (Wildman–Crippen LogP) is 3.38. The van der Waals surface area contributed by atoms with Crippen molar-refractivity contribution >= 4 is 0 Å². The first-order valence-electron chi connectivity index (χ1n) is 6.36. The highest BCUT2D eigenvalue weighted by Crippen LogP contribution is 2.24. The van der Waals surface area contributed by atoms with Gasteiger partial charge in [0.1, 0.15) is 0 Å². The molecular formula is C15H25NO. The highest BCUT2D eigenvalue weighted by Gasteiger charge is 2.13. The lowest BCUT2D eigenvalue weighted by molar-refractivity contribution is 0.106. The average molecular weight is 235 g/mol. The van der Waals surface area contributed by atoms with Gasteiger partial charge >= 0.3 is 0 Å². The fourth-order valence-corrected chi connectivity index (χ4v) is 2.13. The molecule has 0 aliphatic heterocycles. The van der Waals surface area contributed by atoms with E-state index in [4.69, 9.17) is 4.74 Å². The van der Waals surface area contributed by atoms with Gasteiger partial charge in [0.25, 0.3) is 0 Å². The fraction of sp³-hybridized carbons (Fsp3) is 0.600. The van der Waals surface area contributed by atoms with Crippen molar-refractivity contribution in [3.05, 3.63) is 34.9 Å². The summed E-state index contributed by atoms with van der Waals surface area (Å²) < 4.78 is 5.31. The normalized spacial score (nSPS) is 14.6. The van der Waals surface area contributed by atoms with Crippen LogP contribution in [-0.2, 0) is 4.74 Å². The van der Waals surface area contributed by atoms with Gasteiger partial charge in [-0.25, -0.2) is 0 Å². The van der Waals surface area contributed by atoms with E-state index < -0.39 is 0 Å². The molecular weight excluding hydrogens is 210 g/mol. The second kappa shape index (κ2) is 6.77. The number of methoxy groups -OCH3 is 1. The van der Waals surface area contributed by atoms with Crippen LogP contribution in [0.1, 0.15) is 42.5 Å². The van der Waals surface area contributed by atoms with E-state index in [1.165, 1.54) is 16.7 Å². The van der Waals surface area contributed by atoms with Crippen molar-refractivity contribution in [1.29, 1.82) is 0 Å². The van der Waals surface area contributed by atoms with Gasteiger partial charge in [0.15, 0.2) is 0 Å². The Kier molecular flexibility index (Phi) is 5.66.